The van der Waals surface area contributed by atoms with Crippen molar-refractivity contribution < 1.29 is 4.74 Å². The van der Waals surface area contributed by atoms with E-state index in [0.717, 1.165) is 17.3 Å². The predicted molar refractivity (Wildman–Crippen MR) is 95.2 cm³/mol. The van der Waals surface area contributed by atoms with E-state index in [0.29, 0.717) is 28.8 Å². The highest BCUT2D eigenvalue weighted by Gasteiger charge is 2.10. The Balaban J connectivity index is 1.56. The molecule has 0 aliphatic rings. The number of aryl methyl sites for hydroxylation is 1. The van der Waals surface area contributed by atoms with Crippen LogP contribution >= 0.6 is 22.9 Å². The zero-order valence-corrected chi connectivity index (χ0v) is 15.0. The minimum atomic E-state index is -0.145. The molecule has 0 spiro atoms. The Kier molecular flexibility index (Phi) is 5.13. The van der Waals surface area contributed by atoms with E-state index >= 15 is 0 Å². The fourth-order valence-corrected chi connectivity index (χ4v) is 3.34. The summed E-state index contributed by atoms with van der Waals surface area (Å²) in [5.41, 5.74) is 0.564. The first-order chi connectivity index (χ1) is 11.5. The summed E-state index contributed by atoms with van der Waals surface area (Å²) in [4.78, 5) is 18.9. The molecule has 0 N–H and O–H groups in total. The standard InChI is InChI=1S/C16H17ClN4O2S/c1-11-9-15(22)21-16(18-11)24-14(19-21)10-20(2)7-8-23-13-5-3-12(17)4-6-13/h3-6,9H,7-8,10H2,1-2H3. The average Bonchev–Trinajstić information content (AvgIpc) is 2.92. The number of halogens is 1. The van der Waals surface area contributed by atoms with Crippen LogP contribution in [-0.4, -0.2) is 39.7 Å². The summed E-state index contributed by atoms with van der Waals surface area (Å²) in [6.07, 6.45) is 0. The Bertz CT molecular complexity index is 891. The number of fused-ring (bicyclic) bond motifs is 1. The fraction of sp³-hybridized carbons (Fsp3) is 0.312. The molecule has 0 saturated heterocycles. The first-order valence-corrected chi connectivity index (χ1v) is 8.64. The summed E-state index contributed by atoms with van der Waals surface area (Å²) < 4.78 is 7.03. The number of hydrogen-bond acceptors (Lipinski definition) is 6. The van der Waals surface area contributed by atoms with Crippen molar-refractivity contribution in [3.8, 4) is 5.75 Å². The van der Waals surface area contributed by atoms with Gasteiger partial charge in [-0.2, -0.15) is 9.61 Å². The maximum Gasteiger partial charge on any atom is 0.275 e. The molecule has 1 aromatic carbocycles. The molecule has 0 aliphatic carbocycles. The van der Waals surface area contributed by atoms with E-state index in [1.165, 1.54) is 21.9 Å². The second-order valence-corrected chi connectivity index (χ2v) is 6.94. The van der Waals surface area contributed by atoms with Crippen molar-refractivity contribution in [3.63, 3.8) is 0 Å². The molecule has 3 aromatic rings. The number of aromatic nitrogens is 3. The molecular formula is C16H17ClN4O2S. The van der Waals surface area contributed by atoms with Crippen LogP contribution in [-0.2, 0) is 6.54 Å². The predicted octanol–water partition coefficient (Wildman–Crippen LogP) is 2.62. The maximum absolute atomic E-state index is 11.9. The first kappa shape index (κ1) is 16.9. The fourth-order valence-electron chi connectivity index (χ4n) is 2.18. The quantitative estimate of drug-likeness (QED) is 0.673. The molecule has 0 saturated carbocycles. The molecule has 0 fully saturated rings. The van der Waals surface area contributed by atoms with Gasteiger partial charge in [0.1, 0.15) is 17.4 Å². The molecule has 8 heteroatoms. The van der Waals surface area contributed by atoms with Gasteiger partial charge in [0, 0.05) is 23.3 Å². The number of nitrogens with zero attached hydrogens (tertiary/aromatic N) is 4. The molecule has 3 rings (SSSR count). The van der Waals surface area contributed by atoms with Crippen molar-refractivity contribution >= 4 is 27.9 Å². The number of ether oxygens (including phenoxy) is 1. The van der Waals surface area contributed by atoms with Gasteiger partial charge in [-0.1, -0.05) is 22.9 Å². The third-order valence-electron chi connectivity index (χ3n) is 3.38. The van der Waals surface area contributed by atoms with Gasteiger partial charge < -0.3 is 4.74 Å². The summed E-state index contributed by atoms with van der Waals surface area (Å²) in [7, 11) is 1.98. The zero-order chi connectivity index (χ0) is 17.1. The van der Waals surface area contributed by atoms with Crippen LogP contribution in [0.1, 0.15) is 10.7 Å². The Labute approximate surface area is 148 Å². The summed E-state index contributed by atoms with van der Waals surface area (Å²) >= 11 is 7.27. The van der Waals surface area contributed by atoms with Crippen LogP contribution in [0.5, 0.6) is 5.75 Å². The molecule has 0 radical (unpaired) electrons. The molecule has 0 bridgehead atoms. The van der Waals surface area contributed by atoms with Gasteiger partial charge in [0.25, 0.3) is 5.56 Å². The van der Waals surface area contributed by atoms with Crippen molar-refractivity contribution in [1.29, 1.82) is 0 Å². The number of rotatable bonds is 6. The van der Waals surface area contributed by atoms with Gasteiger partial charge in [-0.05, 0) is 38.2 Å². The number of likely N-dealkylation sites (N-methyl/N-ethyl adjacent to an activating group) is 1. The summed E-state index contributed by atoms with van der Waals surface area (Å²) in [6.45, 7) is 3.73. The van der Waals surface area contributed by atoms with Crippen LogP contribution in [0.3, 0.4) is 0 Å². The molecule has 0 unspecified atom stereocenters. The van der Waals surface area contributed by atoms with Crippen LogP contribution in [0, 0.1) is 6.92 Å². The summed E-state index contributed by atoms with van der Waals surface area (Å²) in [6, 6.07) is 8.77. The molecular weight excluding hydrogens is 348 g/mol. The zero-order valence-electron chi connectivity index (χ0n) is 13.4. The average molecular weight is 365 g/mol. The van der Waals surface area contributed by atoms with Crippen LogP contribution in [0.15, 0.2) is 35.1 Å². The molecule has 0 atom stereocenters. The lowest BCUT2D eigenvalue weighted by Crippen LogP contribution is -2.24. The third-order valence-corrected chi connectivity index (χ3v) is 4.52. The van der Waals surface area contributed by atoms with Crippen LogP contribution in [0.25, 0.3) is 4.96 Å². The van der Waals surface area contributed by atoms with Gasteiger partial charge in [0.05, 0.1) is 6.54 Å². The Morgan fingerprint density at radius 1 is 1.33 bits per heavy atom. The van der Waals surface area contributed by atoms with Gasteiger partial charge in [-0.25, -0.2) is 4.98 Å². The summed E-state index contributed by atoms with van der Waals surface area (Å²) in [5, 5.41) is 5.87. The van der Waals surface area contributed by atoms with E-state index in [2.05, 4.69) is 15.0 Å². The molecule has 2 aromatic heterocycles. The van der Waals surface area contributed by atoms with E-state index in [9.17, 15) is 4.79 Å². The van der Waals surface area contributed by atoms with E-state index in [1.54, 1.807) is 19.1 Å². The topological polar surface area (TPSA) is 59.7 Å². The maximum atomic E-state index is 11.9. The number of hydrogen-bond donors (Lipinski definition) is 0. The van der Waals surface area contributed by atoms with Crippen LogP contribution in [0.2, 0.25) is 5.02 Å². The van der Waals surface area contributed by atoms with Crippen LogP contribution < -0.4 is 10.3 Å². The molecule has 24 heavy (non-hydrogen) atoms. The minimum Gasteiger partial charge on any atom is -0.492 e. The molecule has 126 valence electrons. The van der Waals surface area contributed by atoms with Crippen molar-refractivity contribution in [2.45, 2.75) is 13.5 Å². The largest absolute Gasteiger partial charge is 0.492 e. The molecule has 0 aliphatic heterocycles. The van der Waals surface area contributed by atoms with Gasteiger partial charge in [0.15, 0.2) is 0 Å². The molecule has 0 amide bonds. The van der Waals surface area contributed by atoms with Gasteiger partial charge >= 0.3 is 0 Å². The third kappa shape index (κ3) is 4.11. The lowest BCUT2D eigenvalue weighted by Gasteiger charge is -2.15. The van der Waals surface area contributed by atoms with Crippen molar-refractivity contribution in [2.24, 2.45) is 0 Å². The van der Waals surface area contributed by atoms with Gasteiger partial charge in [-0.15, -0.1) is 0 Å². The van der Waals surface area contributed by atoms with Crippen molar-refractivity contribution in [3.05, 3.63) is 56.4 Å². The van der Waals surface area contributed by atoms with Gasteiger partial charge in [0.2, 0.25) is 4.96 Å². The minimum absolute atomic E-state index is 0.145. The second kappa shape index (κ2) is 7.29. The van der Waals surface area contributed by atoms with Crippen LogP contribution in [0.4, 0.5) is 0 Å². The van der Waals surface area contributed by atoms with E-state index in [-0.39, 0.29) is 5.56 Å². The van der Waals surface area contributed by atoms with Crippen molar-refractivity contribution in [2.75, 3.05) is 20.2 Å². The van der Waals surface area contributed by atoms with E-state index < -0.39 is 0 Å². The lowest BCUT2D eigenvalue weighted by molar-refractivity contribution is 0.232. The normalized spacial score (nSPS) is 11.3. The highest BCUT2D eigenvalue weighted by Crippen LogP contribution is 2.16. The summed E-state index contributed by atoms with van der Waals surface area (Å²) in [5.74, 6) is 0.791. The molecule has 2 heterocycles. The second-order valence-electron chi connectivity index (χ2n) is 5.47. The highest BCUT2D eigenvalue weighted by atomic mass is 35.5. The monoisotopic (exact) mass is 364 g/mol. The smallest absolute Gasteiger partial charge is 0.275 e. The van der Waals surface area contributed by atoms with Gasteiger partial charge in [-0.3, -0.25) is 9.69 Å². The Morgan fingerprint density at radius 3 is 2.83 bits per heavy atom. The Morgan fingerprint density at radius 2 is 2.08 bits per heavy atom. The first-order valence-electron chi connectivity index (χ1n) is 7.44. The van der Waals surface area contributed by atoms with E-state index in [4.69, 9.17) is 16.3 Å². The van der Waals surface area contributed by atoms with E-state index in [1.807, 2.05) is 19.2 Å². The van der Waals surface area contributed by atoms with Crippen molar-refractivity contribution in [1.82, 2.24) is 19.5 Å². The lowest BCUT2D eigenvalue weighted by atomic mass is 10.3. The molecule has 6 nitrogen and oxygen atoms in total. The number of benzene rings is 1. The Hall–Kier alpha value is -1.96. The SMILES string of the molecule is Cc1cc(=O)n2nc(CN(C)CCOc3ccc(Cl)cc3)sc2n1. The highest BCUT2D eigenvalue weighted by molar-refractivity contribution is 7.16.